The van der Waals surface area contributed by atoms with Gasteiger partial charge in [0, 0.05) is 36.0 Å². The quantitative estimate of drug-likeness (QED) is 0.356. The minimum atomic E-state index is -0.312. The highest BCUT2D eigenvalue weighted by atomic mass is 16.2. The summed E-state index contributed by atoms with van der Waals surface area (Å²) in [6.45, 7) is 3.35. The molecule has 6 nitrogen and oxygen atoms in total. The Bertz CT molecular complexity index is 1400. The van der Waals surface area contributed by atoms with Crippen molar-refractivity contribution in [1.29, 1.82) is 0 Å². The van der Waals surface area contributed by atoms with Gasteiger partial charge in [-0.1, -0.05) is 66.2 Å². The summed E-state index contributed by atoms with van der Waals surface area (Å²) in [6, 6.07) is 27.0. The maximum atomic E-state index is 13.7. The molecule has 2 amide bonds. The van der Waals surface area contributed by atoms with Gasteiger partial charge in [-0.3, -0.25) is 9.59 Å². The maximum absolute atomic E-state index is 13.7. The van der Waals surface area contributed by atoms with Gasteiger partial charge in [0.05, 0.1) is 5.69 Å². The van der Waals surface area contributed by atoms with Crippen LogP contribution in [0.1, 0.15) is 40.7 Å². The number of amides is 2. The van der Waals surface area contributed by atoms with Crippen LogP contribution >= 0.6 is 0 Å². The molecule has 1 aliphatic heterocycles. The van der Waals surface area contributed by atoms with Gasteiger partial charge in [0.25, 0.3) is 11.8 Å². The molecule has 0 unspecified atom stereocenters. The topological polar surface area (TPSA) is 67.2 Å². The van der Waals surface area contributed by atoms with Crippen LogP contribution in [0.15, 0.2) is 96.8 Å². The normalized spacial score (nSPS) is 13.9. The third-order valence-electron chi connectivity index (χ3n) is 6.55. The van der Waals surface area contributed by atoms with E-state index in [4.69, 9.17) is 5.10 Å². The lowest BCUT2D eigenvalue weighted by Crippen LogP contribution is -2.41. The van der Waals surface area contributed by atoms with Crippen LogP contribution in [0.5, 0.6) is 0 Å². The molecule has 5 rings (SSSR count). The number of likely N-dealkylation sites (tertiary alicyclic amines) is 1. The van der Waals surface area contributed by atoms with E-state index in [0.29, 0.717) is 18.7 Å². The molecule has 1 aliphatic rings. The summed E-state index contributed by atoms with van der Waals surface area (Å²) >= 11 is 0. The second-order valence-corrected chi connectivity index (χ2v) is 9.31. The zero-order valence-electron chi connectivity index (χ0n) is 20.9. The molecule has 0 radical (unpaired) electrons. The first-order valence-corrected chi connectivity index (χ1v) is 12.7. The van der Waals surface area contributed by atoms with Crippen molar-refractivity contribution in [1.82, 2.24) is 20.0 Å². The first-order valence-electron chi connectivity index (χ1n) is 12.7. The standard InChI is InChI=1S/C31H30N4O2/c1-23-15-17-25(18-16-23)30(36)32-28(31(37)34-19-9-4-10-20-34)21-26-22-35(27-13-7-3-8-14-27)33-29(26)24-11-5-2-6-12-24/h2-3,5-8,11-18,21-22H,4,9-10,19-20H2,1H3,(H,32,36). The fourth-order valence-corrected chi connectivity index (χ4v) is 4.50. The molecule has 1 fully saturated rings. The highest BCUT2D eigenvalue weighted by molar-refractivity contribution is 6.05. The van der Waals surface area contributed by atoms with E-state index in [9.17, 15) is 9.59 Å². The molecule has 186 valence electrons. The molecule has 1 saturated heterocycles. The van der Waals surface area contributed by atoms with Crippen LogP contribution in [0.2, 0.25) is 0 Å². The minimum Gasteiger partial charge on any atom is -0.337 e. The van der Waals surface area contributed by atoms with E-state index in [1.165, 1.54) is 0 Å². The summed E-state index contributed by atoms with van der Waals surface area (Å²) in [5, 5.41) is 7.78. The van der Waals surface area contributed by atoms with Crippen LogP contribution in [-0.4, -0.2) is 39.6 Å². The second-order valence-electron chi connectivity index (χ2n) is 9.31. The van der Waals surface area contributed by atoms with Crippen molar-refractivity contribution in [2.24, 2.45) is 0 Å². The lowest BCUT2D eigenvalue weighted by molar-refractivity contribution is -0.128. The molecular weight excluding hydrogens is 460 g/mol. The van der Waals surface area contributed by atoms with Crippen LogP contribution < -0.4 is 5.32 Å². The molecular formula is C31H30N4O2. The largest absolute Gasteiger partial charge is 0.337 e. The zero-order chi connectivity index (χ0) is 25.6. The van der Waals surface area contributed by atoms with Crippen LogP contribution in [0, 0.1) is 6.92 Å². The number of benzene rings is 3. The fraction of sp³-hybridized carbons (Fsp3) is 0.194. The number of para-hydroxylation sites is 1. The van der Waals surface area contributed by atoms with E-state index >= 15 is 0 Å². The van der Waals surface area contributed by atoms with Crippen molar-refractivity contribution in [3.05, 3.63) is 114 Å². The molecule has 0 aliphatic carbocycles. The van der Waals surface area contributed by atoms with E-state index in [1.54, 1.807) is 22.9 Å². The number of rotatable bonds is 6. The summed E-state index contributed by atoms with van der Waals surface area (Å²) in [7, 11) is 0. The van der Waals surface area contributed by atoms with Gasteiger partial charge in [0.15, 0.2) is 0 Å². The first-order chi connectivity index (χ1) is 18.1. The first kappa shape index (κ1) is 24.3. The van der Waals surface area contributed by atoms with Crippen molar-refractivity contribution in [3.8, 4) is 16.9 Å². The average Bonchev–Trinajstić information content (AvgIpc) is 3.38. The number of nitrogens with zero attached hydrogens (tertiary/aromatic N) is 3. The third-order valence-corrected chi connectivity index (χ3v) is 6.55. The fourth-order valence-electron chi connectivity index (χ4n) is 4.50. The highest BCUT2D eigenvalue weighted by Gasteiger charge is 2.23. The highest BCUT2D eigenvalue weighted by Crippen LogP contribution is 2.26. The van der Waals surface area contributed by atoms with Gasteiger partial charge in [-0.25, -0.2) is 4.68 Å². The molecule has 1 N–H and O–H groups in total. The zero-order valence-corrected chi connectivity index (χ0v) is 20.9. The maximum Gasteiger partial charge on any atom is 0.270 e. The molecule has 4 aromatic rings. The van der Waals surface area contributed by atoms with Crippen molar-refractivity contribution < 1.29 is 9.59 Å². The molecule has 0 bridgehead atoms. The molecule has 37 heavy (non-hydrogen) atoms. The second kappa shape index (κ2) is 11.1. The molecule has 6 heteroatoms. The Kier molecular flexibility index (Phi) is 7.26. The van der Waals surface area contributed by atoms with Crippen LogP contribution in [0.4, 0.5) is 0 Å². The van der Waals surface area contributed by atoms with Gasteiger partial charge < -0.3 is 10.2 Å². The van der Waals surface area contributed by atoms with E-state index in [0.717, 1.165) is 47.3 Å². The molecule has 0 spiro atoms. The minimum absolute atomic E-state index is 0.174. The number of aromatic nitrogens is 2. The molecule has 1 aromatic heterocycles. The summed E-state index contributed by atoms with van der Waals surface area (Å²) in [5.74, 6) is -0.486. The van der Waals surface area contributed by atoms with Gasteiger partial charge in [-0.2, -0.15) is 5.10 Å². The lowest BCUT2D eigenvalue weighted by Gasteiger charge is -2.27. The number of nitrogens with one attached hydrogen (secondary N) is 1. The van der Waals surface area contributed by atoms with Crippen LogP contribution in [0.25, 0.3) is 23.0 Å². The van der Waals surface area contributed by atoms with Crippen molar-refractivity contribution in [2.45, 2.75) is 26.2 Å². The Hall–Kier alpha value is -4.45. The number of aryl methyl sites for hydroxylation is 1. The average molecular weight is 491 g/mol. The van der Waals surface area contributed by atoms with Crippen molar-refractivity contribution >= 4 is 17.9 Å². The Morgan fingerprint density at radius 1 is 0.838 bits per heavy atom. The number of carbonyl (C=O) groups excluding carboxylic acids is 2. The predicted molar refractivity (Wildman–Crippen MR) is 146 cm³/mol. The van der Waals surface area contributed by atoms with E-state index in [-0.39, 0.29) is 17.5 Å². The number of hydrogen-bond acceptors (Lipinski definition) is 3. The smallest absolute Gasteiger partial charge is 0.270 e. The number of carbonyl (C=O) groups is 2. The van der Waals surface area contributed by atoms with Crippen molar-refractivity contribution in [2.75, 3.05) is 13.1 Å². The van der Waals surface area contributed by atoms with Crippen LogP contribution in [-0.2, 0) is 4.79 Å². The van der Waals surface area contributed by atoms with Gasteiger partial charge in [0.2, 0.25) is 0 Å². The van der Waals surface area contributed by atoms with E-state index in [2.05, 4.69) is 5.32 Å². The number of piperidine rings is 1. The molecule has 0 atom stereocenters. The SMILES string of the molecule is Cc1ccc(C(=O)NC(=Cc2cn(-c3ccccc3)nc2-c2ccccc2)C(=O)N2CCCCC2)cc1. The number of hydrogen-bond donors (Lipinski definition) is 1. The van der Waals surface area contributed by atoms with Crippen LogP contribution in [0.3, 0.4) is 0 Å². The lowest BCUT2D eigenvalue weighted by atomic mass is 10.1. The Morgan fingerprint density at radius 2 is 1.49 bits per heavy atom. The van der Waals surface area contributed by atoms with Gasteiger partial charge >= 0.3 is 0 Å². The van der Waals surface area contributed by atoms with Gasteiger partial charge in [-0.05, 0) is 56.5 Å². The summed E-state index contributed by atoms with van der Waals surface area (Å²) in [5.41, 5.74) is 5.14. The predicted octanol–water partition coefficient (Wildman–Crippen LogP) is 5.63. The van der Waals surface area contributed by atoms with Gasteiger partial charge in [0.1, 0.15) is 11.4 Å². The Morgan fingerprint density at radius 3 is 2.16 bits per heavy atom. The Labute approximate surface area is 217 Å². The van der Waals surface area contributed by atoms with Gasteiger partial charge in [-0.15, -0.1) is 0 Å². The molecule has 0 saturated carbocycles. The van der Waals surface area contributed by atoms with E-state index in [1.807, 2.05) is 90.8 Å². The summed E-state index contributed by atoms with van der Waals surface area (Å²) in [6.07, 6.45) is 6.70. The Balaban J connectivity index is 1.58. The molecule has 3 aromatic carbocycles. The summed E-state index contributed by atoms with van der Waals surface area (Å²) < 4.78 is 1.80. The van der Waals surface area contributed by atoms with E-state index < -0.39 is 0 Å². The third kappa shape index (κ3) is 5.70. The molecule has 2 heterocycles. The summed E-state index contributed by atoms with van der Waals surface area (Å²) in [4.78, 5) is 28.7. The monoisotopic (exact) mass is 490 g/mol. The van der Waals surface area contributed by atoms with Crippen molar-refractivity contribution in [3.63, 3.8) is 0 Å².